The number of amides is 2. The van der Waals surface area contributed by atoms with Crippen molar-refractivity contribution in [3.8, 4) is 0 Å². The fourth-order valence-electron chi connectivity index (χ4n) is 2.42. The van der Waals surface area contributed by atoms with Crippen LogP contribution in [-0.4, -0.2) is 40.0 Å². The Bertz CT molecular complexity index is 755. The standard InChI is InChI=1S/C16H20N4O4/c17-11(15(18)22)5-6-14(21)20-13(16(23)24)7-9-8-19-12-4-2-1-3-10(9)12/h1-4,8,11,13,19H,5-7,17H2,(H2,18,22)(H,20,21)(H,23,24)/t11-,13-/m1/s1. The molecule has 8 heteroatoms. The van der Waals surface area contributed by atoms with Crippen molar-refractivity contribution in [3.63, 3.8) is 0 Å². The van der Waals surface area contributed by atoms with Crippen LogP contribution in [0, 0.1) is 0 Å². The minimum Gasteiger partial charge on any atom is -0.480 e. The zero-order chi connectivity index (χ0) is 17.7. The fourth-order valence-corrected chi connectivity index (χ4v) is 2.42. The van der Waals surface area contributed by atoms with Crippen LogP contribution in [0.2, 0.25) is 0 Å². The number of aromatic nitrogens is 1. The van der Waals surface area contributed by atoms with Crippen LogP contribution in [0.5, 0.6) is 0 Å². The first-order valence-electron chi connectivity index (χ1n) is 7.50. The highest BCUT2D eigenvalue weighted by atomic mass is 16.4. The van der Waals surface area contributed by atoms with Crippen molar-refractivity contribution in [1.82, 2.24) is 10.3 Å². The summed E-state index contributed by atoms with van der Waals surface area (Å²) >= 11 is 0. The van der Waals surface area contributed by atoms with Gasteiger partial charge in [-0.05, 0) is 18.1 Å². The molecular weight excluding hydrogens is 312 g/mol. The number of fused-ring (bicyclic) bond motifs is 1. The number of nitrogens with two attached hydrogens (primary N) is 2. The van der Waals surface area contributed by atoms with Crippen LogP contribution in [0.3, 0.4) is 0 Å². The molecule has 1 aromatic heterocycles. The van der Waals surface area contributed by atoms with Gasteiger partial charge in [0.25, 0.3) is 0 Å². The molecule has 0 spiro atoms. The molecule has 1 heterocycles. The van der Waals surface area contributed by atoms with E-state index in [4.69, 9.17) is 11.5 Å². The molecule has 0 aliphatic heterocycles. The zero-order valence-corrected chi connectivity index (χ0v) is 13.0. The summed E-state index contributed by atoms with van der Waals surface area (Å²) in [7, 11) is 0. The summed E-state index contributed by atoms with van der Waals surface area (Å²) in [4.78, 5) is 37.2. The van der Waals surface area contributed by atoms with Gasteiger partial charge in [-0.2, -0.15) is 0 Å². The first-order valence-corrected chi connectivity index (χ1v) is 7.50. The average molecular weight is 332 g/mol. The van der Waals surface area contributed by atoms with Crippen molar-refractivity contribution >= 4 is 28.7 Å². The quantitative estimate of drug-likeness (QED) is 0.456. The molecule has 7 N–H and O–H groups in total. The van der Waals surface area contributed by atoms with Crippen LogP contribution in [-0.2, 0) is 20.8 Å². The van der Waals surface area contributed by atoms with Crippen molar-refractivity contribution in [2.45, 2.75) is 31.3 Å². The molecule has 0 radical (unpaired) electrons. The Morgan fingerprint density at radius 3 is 2.62 bits per heavy atom. The number of carboxylic acid groups (broad SMARTS) is 1. The van der Waals surface area contributed by atoms with Crippen molar-refractivity contribution in [2.24, 2.45) is 11.5 Å². The number of rotatable bonds is 8. The van der Waals surface area contributed by atoms with E-state index in [2.05, 4.69) is 10.3 Å². The number of primary amides is 1. The molecule has 24 heavy (non-hydrogen) atoms. The molecule has 0 aliphatic carbocycles. The molecule has 0 aliphatic rings. The van der Waals surface area contributed by atoms with Crippen molar-refractivity contribution < 1.29 is 19.5 Å². The molecule has 2 atom stereocenters. The van der Waals surface area contributed by atoms with E-state index in [1.165, 1.54) is 0 Å². The van der Waals surface area contributed by atoms with Gasteiger partial charge in [-0.25, -0.2) is 4.79 Å². The topological polar surface area (TPSA) is 151 Å². The summed E-state index contributed by atoms with van der Waals surface area (Å²) in [6.07, 6.45) is 1.88. The smallest absolute Gasteiger partial charge is 0.326 e. The van der Waals surface area contributed by atoms with Gasteiger partial charge in [0.05, 0.1) is 6.04 Å². The first-order chi connectivity index (χ1) is 11.4. The van der Waals surface area contributed by atoms with Gasteiger partial charge in [0.1, 0.15) is 6.04 Å². The highest BCUT2D eigenvalue weighted by Gasteiger charge is 2.22. The maximum atomic E-state index is 11.9. The van der Waals surface area contributed by atoms with E-state index in [1.54, 1.807) is 6.20 Å². The molecule has 0 saturated carbocycles. The number of aromatic amines is 1. The Balaban J connectivity index is 2.01. The molecule has 0 unspecified atom stereocenters. The molecule has 0 saturated heterocycles. The molecule has 2 aromatic rings. The van der Waals surface area contributed by atoms with E-state index in [1.807, 2.05) is 24.3 Å². The van der Waals surface area contributed by atoms with Gasteiger partial charge in [-0.3, -0.25) is 9.59 Å². The third kappa shape index (κ3) is 4.32. The average Bonchev–Trinajstić information content (AvgIpc) is 2.95. The molecule has 2 rings (SSSR count). The van der Waals surface area contributed by atoms with Gasteiger partial charge < -0.3 is 26.9 Å². The second kappa shape index (κ2) is 7.60. The highest BCUT2D eigenvalue weighted by Crippen LogP contribution is 2.19. The number of aliphatic carboxylic acids is 1. The van der Waals surface area contributed by atoms with Gasteiger partial charge >= 0.3 is 5.97 Å². The van der Waals surface area contributed by atoms with Crippen molar-refractivity contribution in [1.29, 1.82) is 0 Å². The lowest BCUT2D eigenvalue weighted by Crippen LogP contribution is -2.43. The van der Waals surface area contributed by atoms with E-state index in [0.717, 1.165) is 16.5 Å². The van der Waals surface area contributed by atoms with E-state index >= 15 is 0 Å². The Labute approximate surface area is 138 Å². The van der Waals surface area contributed by atoms with Crippen LogP contribution < -0.4 is 16.8 Å². The van der Waals surface area contributed by atoms with E-state index < -0.39 is 29.9 Å². The Hall–Kier alpha value is -2.87. The number of hydrogen-bond donors (Lipinski definition) is 5. The SMILES string of the molecule is NC(=O)[C@H](N)CCC(=O)N[C@H](Cc1c[nH]c2ccccc12)C(=O)O. The zero-order valence-electron chi connectivity index (χ0n) is 13.0. The first kappa shape index (κ1) is 17.5. The van der Waals surface area contributed by atoms with E-state index in [0.29, 0.717) is 0 Å². The Morgan fingerprint density at radius 2 is 1.96 bits per heavy atom. The molecule has 8 nitrogen and oxygen atoms in total. The number of H-pyrrole nitrogens is 1. The van der Waals surface area contributed by atoms with Crippen LogP contribution in [0.15, 0.2) is 30.5 Å². The lowest BCUT2D eigenvalue weighted by molar-refractivity contribution is -0.141. The van der Waals surface area contributed by atoms with Gasteiger partial charge in [0.2, 0.25) is 11.8 Å². The number of carbonyl (C=O) groups is 3. The normalized spacial score (nSPS) is 13.4. The summed E-state index contributed by atoms with van der Waals surface area (Å²) in [5, 5.41) is 12.7. The van der Waals surface area contributed by atoms with Crippen LogP contribution in [0.1, 0.15) is 18.4 Å². The van der Waals surface area contributed by atoms with Gasteiger partial charge in [-0.1, -0.05) is 18.2 Å². The van der Waals surface area contributed by atoms with E-state index in [9.17, 15) is 19.5 Å². The molecule has 0 fully saturated rings. The number of carbonyl (C=O) groups excluding carboxylic acids is 2. The molecular formula is C16H20N4O4. The Kier molecular flexibility index (Phi) is 5.54. The molecule has 0 bridgehead atoms. The summed E-state index contributed by atoms with van der Waals surface area (Å²) in [5.74, 6) is -2.32. The maximum Gasteiger partial charge on any atom is 0.326 e. The number of benzene rings is 1. The third-order valence-corrected chi connectivity index (χ3v) is 3.78. The van der Waals surface area contributed by atoms with Crippen molar-refractivity contribution in [2.75, 3.05) is 0 Å². The third-order valence-electron chi connectivity index (χ3n) is 3.78. The van der Waals surface area contributed by atoms with Gasteiger partial charge in [-0.15, -0.1) is 0 Å². The molecule has 1 aromatic carbocycles. The second-order valence-electron chi connectivity index (χ2n) is 5.57. The van der Waals surface area contributed by atoms with Crippen LogP contribution in [0.25, 0.3) is 10.9 Å². The minimum atomic E-state index is -1.13. The number of hydrogen-bond acceptors (Lipinski definition) is 4. The molecule has 2 amide bonds. The monoisotopic (exact) mass is 332 g/mol. The predicted molar refractivity (Wildman–Crippen MR) is 88.0 cm³/mol. The summed E-state index contributed by atoms with van der Waals surface area (Å²) < 4.78 is 0. The minimum absolute atomic E-state index is 0.0677. The fraction of sp³-hybridized carbons (Fsp3) is 0.312. The number of para-hydroxylation sites is 1. The summed E-state index contributed by atoms with van der Waals surface area (Å²) in [6.45, 7) is 0. The largest absolute Gasteiger partial charge is 0.480 e. The van der Waals surface area contributed by atoms with Crippen molar-refractivity contribution in [3.05, 3.63) is 36.0 Å². The summed E-state index contributed by atoms with van der Waals surface area (Å²) in [6, 6.07) is 5.51. The van der Waals surface area contributed by atoms with Crippen LogP contribution in [0.4, 0.5) is 0 Å². The lowest BCUT2D eigenvalue weighted by Gasteiger charge is -2.15. The van der Waals surface area contributed by atoms with Gasteiger partial charge in [0.15, 0.2) is 0 Å². The Morgan fingerprint density at radius 1 is 1.25 bits per heavy atom. The highest BCUT2D eigenvalue weighted by molar-refractivity contribution is 5.87. The summed E-state index contributed by atoms with van der Waals surface area (Å²) in [5.41, 5.74) is 12.2. The predicted octanol–water partition coefficient (Wildman–Crippen LogP) is -0.127. The van der Waals surface area contributed by atoms with Gasteiger partial charge in [0, 0.05) is 29.9 Å². The second-order valence-corrected chi connectivity index (χ2v) is 5.57. The number of carboxylic acids is 1. The lowest BCUT2D eigenvalue weighted by atomic mass is 10.0. The van der Waals surface area contributed by atoms with E-state index in [-0.39, 0.29) is 19.3 Å². The molecule has 128 valence electrons. The number of nitrogens with one attached hydrogen (secondary N) is 2. The van der Waals surface area contributed by atoms with Crippen LogP contribution >= 0.6 is 0 Å². The maximum absolute atomic E-state index is 11.9.